The number of hydrogen-bond donors (Lipinski definition) is 1. The Hall–Kier alpha value is -1.92. The van der Waals surface area contributed by atoms with Crippen molar-refractivity contribution in [3.63, 3.8) is 0 Å². The van der Waals surface area contributed by atoms with Gasteiger partial charge in [-0.1, -0.05) is 42.7 Å². The number of benzene rings is 1. The summed E-state index contributed by atoms with van der Waals surface area (Å²) in [5.74, 6) is 0. The highest BCUT2D eigenvalue weighted by molar-refractivity contribution is 5.31. The summed E-state index contributed by atoms with van der Waals surface area (Å²) in [5.41, 5.74) is 2.11. The summed E-state index contributed by atoms with van der Waals surface area (Å²) in [4.78, 5) is 3.89. The molecule has 0 unspecified atom stereocenters. The normalized spacial score (nSPS) is 23.4. The molecular weight excluding hydrogens is 401 g/mol. The third-order valence-electron chi connectivity index (χ3n) is 7.10. The van der Waals surface area contributed by atoms with E-state index in [2.05, 4.69) is 41.5 Å². The lowest BCUT2D eigenvalue weighted by atomic mass is 9.66. The van der Waals surface area contributed by atoms with Gasteiger partial charge in [0.05, 0.1) is 11.2 Å². The number of nitrogens with one attached hydrogen (secondary N) is 1. The van der Waals surface area contributed by atoms with Crippen LogP contribution in [0.2, 0.25) is 0 Å². The standard InChI is InChI=1S/C25H31F3N2O/c1-19-5-4-6-21(15-19)23(11-14-31-24(18-23)8-2-3-9-24)10-13-30-17-20-16-29-12-7-22(20)25(26,27)28/h4-7,12,15-16,30H,2-3,8-11,13-14,17-18H2,1H3/t23-/m1/s1. The second-order valence-electron chi connectivity index (χ2n) is 9.27. The van der Waals surface area contributed by atoms with E-state index >= 15 is 0 Å². The zero-order valence-corrected chi connectivity index (χ0v) is 18.1. The molecule has 2 fully saturated rings. The van der Waals surface area contributed by atoms with E-state index in [1.807, 2.05) is 0 Å². The Balaban J connectivity index is 1.49. The van der Waals surface area contributed by atoms with Crippen molar-refractivity contribution in [3.8, 4) is 0 Å². The fourth-order valence-electron chi connectivity index (χ4n) is 5.53. The highest BCUT2D eigenvalue weighted by Gasteiger charge is 2.47. The van der Waals surface area contributed by atoms with Gasteiger partial charge in [0.15, 0.2) is 0 Å². The topological polar surface area (TPSA) is 34.2 Å². The Labute approximate surface area is 182 Å². The first-order chi connectivity index (χ1) is 14.8. The van der Waals surface area contributed by atoms with E-state index in [0.717, 1.165) is 44.8 Å². The maximum Gasteiger partial charge on any atom is 0.416 e. The molecule has 1 aliphatic carbocycles. The van der Waals surface area contributed by atoms with E-state index in [1.54, 1.807) is 0 Å². The average Bonchev–Trinajstić information content (AvgIpc) is 3.18. The number of rotatable bonds is 6. The molecule has 2 aromatic rings. The molecule has 1 aromatic heterocycles. The maximum atomic E-state index is 13.3. The van der Waals surface area contributed by atoms with E-state index in [0.29, 0.717) is 6.54 Å². The molecule has 6 heteroatoms. The molecule has 2 aliphatic rings. The smallest absolute Gasteiger partial charge is 0.375 e. The van der Waals surface area contributed by atoms with Crippen LogP contribution < -0.4 is 5.32 Å². The first kappa shape index (κ1) is 22.3. The van der Waals surface area contributed by atoms with Gasteiger partial charge in [0.1, 0.15) is 0 Å². The van der Waals surface area contributed by atoms with Crippen molar-refractivity contribution in [2.45, 2.75) is 75.6 Å². The number of halogens is 3. The molecule has 4 rings (SSSR count). The van der Waals surface area contributed by atoms with Crippen LogP contribution >= 0.6 is 0 Å². The van der Waals surface area contributed by atoms with Gasteiger partial charge >= 0.3 is 6.18 Å². The third kappa shape index (κ3) is 4.96. The Morgan fingerprint density at radius 1 is 1.13 bits per heavy atom. The minimum Gasteiger partial charge on any atom is -0.375 e. The predicted molar refractivity (Wildman–Crippen MR) is 115 cm³/mol. The van der Waals surface area contributed by atoms with Crippen molar-refractivity contribution < 1.29 is 17.9 Å². The molecule has 1 aromatic carbocycles. The number of alkyl halides is 3. The summed E-state index contributed by atoms with van der Waals surface area (Å²) < 4.78 is 46.1. The SMILES string of the molecule is Cc1cccc([C@]2(CCNCc3cnccc3C(F)(F)F)CCOC3(CCCC3)C2)c1. The van der Waals surface area contributed by atoms with Crippen LogP contribution in [0, 0.1) is 6.92 Å². The van der Waals surface area contributed by atoms with Crippen LogP contribution in [-0.4, -0.2) is 23.7 Å². The monoisotopic (exact) mass is 432 g/mol. The molecule has 1 aliphatic heterocycles. The van der Waals surface area contributed by atoms with Gasteiger partial charge < -0.3 is 10.1 Å². The second-order valence-corrected chi connectivity index (χ2v) is 9.27. The number of nitrogens with zero attached hydrogens (tertiary/aromatic N) is 1. The van der Waals surface area contributed by atoms with Crippen molar-refractivity contribution >= 4 is 0 Å². The molecule has 2 heterocycles. The molecule has 3 nitrogen and oxygen atoms in total. The van der Waals surface area contributed by atoms with Gasteiger partial charge in [-0.15, -0.1) is 0 Å². The number of aryl methyl sites for hydroxylation is 1. The maximum absolute atomic E-state index is 13.3. The molecule has 0 bridgehead atoms. The van der Waals surface area contributed by atoms with Gasteiger partial charge in [-0.2, -0.15) is 13.2 Å². The molecule has 1 saturated heterocycles. The van der Waals surface area contributed by atoms with Gasteiger partial charge in [0.25, 0.3) is 0 Å². The van der Waals surface area contributed by atoms with Crippen LogP contribution in [0.1, 0.15) is 67.2 Å². The van der Waals surface area contributed by atoms with Crippen molar-refractivity contribution in [2.24, 2.45) is 0 Å². The highest BCUT2D eigenvalue weighted by Crippen LogP contribution is 2.50. The lowest BCUT2D eigenvalue weighted by Crippen LogP contribution is -2.47. The lowest BCUT2D eigenvalue weighted by Gasteiger charge is -2.47. The number of aromatic nitrogens is 1. The fraction of sp³-hybridized carbons (Fsp3) is 0.560. The van der Waals surface area contributed by atoms with Crippen molar-refractivity contribution in [1.29, 1.82) is 0 Å². The fourth-order valence-corrected chi connectivity index (χ4v) is 5.53. The Kier molecular flexibility index (Phi) is 6.40. The van der Waals surface area contributed by atoms with Crippen molar-refractivity contribution in [2.75, 3.05) is 13.2 Å². The predicted octanol–water partition coefficient (Wildman–Crippen LogP) is 5.95. The number of pyridine rings is 1. The average molecular weight is 433 g/mol. The molecule has 0 radical (unpaired) electrons. The molecule has 1 N–H and O–H groups in total. The quantitative estimate of drug-likeness (QED) is 0.573. The third-order valence-corrected chi connectivity index (χ3v) is 7.10. The van der Waals surface area contributed by atoms with Gasteiger partial charge in [-0.05, 0) is 62.8 Å². The highest BCUT2D eigenvalue weighted by atomic mass is 19.4. The summed E-state index contributed by atoms with van der Waals surface area (Å²) >= 11 is 0. The largest absolute Gasteiger partial charge is 0.416 e. The van der Waals surface area contributed by atoms with Crippen molar-refractivity contribution in [1.82, 2.24) is 10.3 Å². The van der Waals surface area contributed by atoms with Gasteiger partial charge in [0.2, 0.25) is 0 Å². The first-order valence-corrected chi connectivity index (χ1v) is 11.2. The zero-order chi connectivity index (χ0) is 22.0. The summed E-state index contributed by atoms with van der Waals surface area (Å²) in [7, 11) is 0. The summed E-state index contributed by atoms with van der Waals surface area (Å²) in [6, 6.07) is 9.76. The van der Waals surface area contributed by atoms with E-state index < -0.39 is 11.7 Å². The van der Waals surface area contributed by atoms with Crippen LogP contribution in [0.5, 0.6) is 0 Å². The van der Waals surface area contributed by atoms with E-state index in [9.17, 15) is 13.2 Å². The van der Waals surface area contributed by atoms with E-state index in [4.69, 9.17) is 4.74 Å². The molecule has 0 amide bonds. The minimum absolute atomic E-state index is 0.0105. The minimum atomic E-state index is -4.36. The van der Waals surface area contributed by atoms with Gasteiger partial charge in [-0.3, -0.25) is 4.98 Å². The second kappa shape index (κ2) is 8.91. The van der Waals surface area contributed by atoms with Crippen LogP contribution in [0.3, 0.4) is 0 Å². The molecular formula is C25H31F3N2O. The number of ether oxygens (including phenoxy) is 1. The molecule has 168 valence electrons. The van der Waals surface area contributed by atoms with Crippen LogP contribution in [0.4, 0.5) is 13.2 Å². The first-order valence-electron chi connectivity index (χ1n) is 11.2. The van der Waals surface area contributed by atoms with E-state index in [-0.39, 0.29) is 23.1 Å². The Bertz CT molecular complexity index is 892. The Morgan fingerprint density at radius 2 is 1.94 bits per heavy atom. The van der Waals surface area contributed by atoms with Crippen LogP contribution in [0.25, 0.3) is 0 Å². The summed E-state index contributed by atoms with van der Waals surface area (Å²) in [5, 5.41) is 3.27. The summed E-state index contributed by atoms with van der Waals surface area (Å²) in [6.45, 7) is 3.67. The molecule has 1 saturated carbocycles. The summed E-state index contributed by atoms with van der Waals surface area (Å²) in [6.07, 6.45) is 5.61. The van der Waals surface area contributed by atoms with Gasteiger partial charge in [-0.25, -0.2) is 0 Å². The van der Waals surface area contributed by atoms with E-state index in [1.165, 1.54) is 36.4 Å². The van der Waals surface area contributed by atoms with Crippen molar-refractivity contribution in [3.05, 3.63) is 65.0 Å². The molecule has 1 atom stereocenters. The Morgan fingerprint density at radius 3 is 2.68 bits per heavy atom. The van der Waals surface area contributed by atoms with Crippen LogP contribution in [-0.2, 0) is 22.9 Å². The molecule has 31 heavy (non-hydrogen) atoms. The van der Waals surface area contributed by atoms with Gasteiger partial charge in [0, 0.05) is 31.0 Å². The van der Waals surface area contributed by atoms with Crippen LogP contribution in [0.15, 0.2) is 42.7 Å². The number of hydrogen-bond acceptors (Lipinski definition) is 3. The lowest BCUT2D eigenvalue weighted by molar-refractivity contribution is -0.138. The zero-order valence-electron chi connectivity index (χ0n) is 18.1. The molecule has 1 spiro atoms.